The van der Waals surface area contributed by atoms with Gasteiger partial charge in [0.25, 0.3) is 0 Å². The van der Waals surface area contributed by atoms with Gasteiger partial charge in [0.05, 0.1) is 17.7 Å². The van der Waals surface area contributed by atoms with Gasteiger partial charge in [0.1, 0.15) is 0 Å². The Bertz CT molecular complexity index is 453. The summed E-state index contributed by atoms with van der Waals surface area (Å²) in [5.74, 6) is 2.18. The van der Waals surface area contributed by atoms with Crippen molar-refractivity contribution < 1.29 is 9.26 Å². The number of aromatic nitrogens is 2. The van der Waals surface area contributed by atoms with E-state index < -0.39 is 0 Å². The molecule has 0 amide bonds. The molecule has 2 unspecified atom stereocenters. The van der Waals surface area contributed by atoms with Gasteiger partial charge in [0, 0.05) is 19.0 Å². The molecular formula is C14H23N3O2. The van der Waals surface area contributed by atoms with Crippen molar-refractivity contribution in [2.75, 3.05) is 13.1 Å². The van der Waals surface area contributed by atoms with Gasteiger partial charge in [-0.15, -0.1) is 0 Å². The highest BCUT2D eigenvalue weighted by Crippen LogP contribution is 2.39. The smallest absolute Gasteiger partial charge is 0.243 e. The van der Waals surface area contributed by atoms with Gasteiger partial charge < -0.3 is 9.26 Å². The van der Waals surface area contributed by atoms with Crippen LogP contribution < -0.4 is 0 Å². The summed E-state index contributed by atoms with van der Waals surface area (Å²) in [7, 11) is 0. The molecule has 2 fully saturated rings. The molecular weight excluding hydrogens is 242 g/mol. The Morgan fingerprint density at radius 3 is 2.74 bits per heavy atom. The topological polar surface area (TPSA) is 51.4 Å². The van der Waals surface area contributed by atoms with Gasteiger partial charge in [0.2, 0.25) is 5.89 Å². The number of nitrogens with zero attached hydrogens (tertiary/aromatic N) is 3. The first-order valence-electron chi connectivity index (χ1n) is 7.20. The summed E-state index contributed by atoms with van der Waals surface area (Å²) < 4.78 is 11.4. The van der Waals surface area contributed by atoms with Gasteiger partial charge in [-0.2, -0.15) is 4.98 Å². The first kappa shape index (κ1) is 13.1. The van der Waals surface area contributed by atoms with Crippen LogP contribution in [0.2, 0.25) is 0 Å². The molecule has 2 heterocycles. The second kappa shape index (κ2) is 4.56. The predicted molar refractivity (Wildman–Crippen MR) is 70.9 cm³/mol. The maximum Gasteiger partial charge on any atom is 0.243 e. The third-order valence-corrected chi connectivity index (χ3v) is 3.90. The Labute approximate surface area is 114 Å². The SMILES string of the molecule is CC1CN(C(C)c2nc(C3CC3)no2)CC(C)(C)O1. The molecule has 19 heavy (non-hydrogen) atoms. The monoisotopic (exact) mass is 265 g/mol. The molecule has 0 radical (unpaired) electrons. The Morgan fingerprint density at radius 2 is 2.11 bits per heavy atom. The van der Waals surface area contributed by atoms with E-state index in [1.807, 2.05) is 0 Å². The van der Waals surface area contributed by atoms with E-state index in [1.54, 1.807) is 0 Å². The molecule has 5 heteroatoms. The zero-order chi connectivity index (χ0) is 13.6. The molecule has 5 nitrogen and oxygen atoms in total. The number of rotatable bonds is 3. The lowest BCUT2D eigenvalue weighted by Gasteiger charge is -2.43. The van der Waals surface area contributed by atoms with Crippen LogP contribution in [0.25, 0.3) is 0 Å². The molecule has 0 bridgehead atoms. The number of ether oxygens (including phenoxy) is 1. The van der Waals surface area contributed by atoms with Gasteiger partial charge in [-0.05, 0) is 40.5 Å². The molecule has 1 aliphatic heterocycles. The molecule has 1 aromatic heterocycles. The van der Waals surface area contributed by atoms with Gasteiger partial charge in [-0.3, -0.25) is 4.90 Å². The van der Waals surface area contributed by atoms with E-state index in [0.717, 1.165) is 24.8 Å². The summed E-state index contributed by atoms with van der Waals surface area (Å²) in [6.45, 7) is 10.3. The average molecular weight is 265 g/mol. The molecule has 2 atom stereocenters. The number of morpholine rings is 1. The minimum absolute atomic E-state index is 0.120. The lowest BCUT2D eigenvalue weighted by atomic mass is 10.0. The summed E-state index contributed by atoms with van der Waals surface area (Å²) in [6, 6.07) is 0.158. The second-order valence-corrected chi connectivity index (χ2v) is 6.56. The number of hydrogen-bond donors (Lipinski definition) is 0. The highest BCUT2D eigenvalue weighted by molar-refractivity contribution is 5.05. The van der Waals surface area contributed by atoms with E-state index in [1.165, 1.54) is 12.8 Å². The highest BCUT2D eigenvalue weighted by atomic mass is 16.5. The Morgan fingerprint density at radius 1 is 1.37 bits per heavy atom. The van der Waals surface area contributed by atoms with Crippen LogP contribution in [-0.2, 0) is 4.74 Å². The largest absolute Gasteiger partial charge is 0.370 e. The van der Waals surface area contributed by atoms with Crippen molar-refractivity contribution in [2.24, 2.45) is 0 Å². The summed E-state index contributed by atoms with van der Waals surface area (Å²) in [4.78, 5) is 6.93. The van der Waals surface area contributed by atoms with E-state index in [2.05, 4.69) is 42.7 Å². The molecule has 0 N–H and O–H groups in total. The summed E-state index contributed by atoms with van der Waals surface area (Å²) in [5.41, 5.74) is -0.120. The van der Waals surface area contributed by atoms with Crippen LogP contribution in [0.15, 0.2) is 4.52 Å². The number of hydrogen-bond acceptors (Lipinski definition) is 5. The fourth-order valence-corrected chi connectivity index (χ4v) is 2.88. The summed E-state index contributed by atoms with van der Waals surface area (Å²) in [5, 5.41) is 4.11. The zero-order valence-electron chi connectivity index (χ0n) is 12.2. The molecule has 0 spiro atoms. The average Bonchev–Trinajstić information content (AvgIpc) is 3.04. The van der Waals surface area contributed by atoms with Crippen LogP contribution in [0, 0.1) is 0 Å². The molecule has 106 valence electrons. The third kappa shape index (κ3) is 2.82. The van der Waals surface area contributed by atoms with E-state index in [-0.39, 0.29) is 17.7 Å². The van der Waals surface area contributed by atoms with E-state index in [4.69, 9.17) is 9.26 Å². The quantitative estimate of drug-likeness (QED) is 0.840. The van der Waals surface area contributed by atoms with Crippen LogP contribution in [-0.4, -0.2) is 39.8 Å². The van der Waals surface area contributed by atoms with Crippen molar-refractivity contribution in [3.05, 3.63) is 11.7 Å². The van der Waals surface area contributed by atoms with Gasteiger partial charge in [-0.25, -0.2) is 0 Å². The Hall–Kier alpha value is -0.940. The molecule has 1 aromatic rings. The molecule has 3 rings (SSSR count). The van der Waals surface area contributed by atoms with Crippen molar-refractivity contribution in [1.29, 1.82) is 0 Å². The Kier molecular flexibility index (Phi) is 3.14. The van der Waals surface area contributed by atoms with Crippen LogP contribution in [0.4, 0.5) is 0 Å². The first-order valence-corrected chi connectivity index (χ1v) is 7.20. The van der Waals surface area contributed by atoms with Crippen LogP contribution >= 0.6 is 0 Å². The molecule has 1 saturated heterocycles. The third-order valence-electron chi connectivity index (χ3n) is 3.90. The van der Waals surface area contributed by atoms with Gasteiger partial charge in [0.15, 0.2) is 5.82 Å². The standard InChI is InChI=1S/C14H23N3O2/c1-9-7-17(8-14(3,4)18-9)10(2)13-15-12(16-19-13)11-5-6-11/h9-11H,5-8H2,1-4H3. The predicted octanol–water partition coefficient (Wildman–Crippen LogP) is 2.51. The van der Waals surface area contributed by atoms with E-state index >= 15 is 0 Å². The van der Waals surface area contributed by atoms with Crippen molar-refractivity contribution >= 4 is 0 Å². The maximum atomic E-state index is 5.94. The summed E-state index contributed by atoms with van der Waals surface area (Å²) in [6.07, 6.45) is 2.64. The normalized spacial score (nSPS) is 29.4. The van der Waals surface area contributed by atoms with Crippen LogP contribution in [0.3, 0.4) is 0 Å². The maximum absolute atomic E-state index is 5.94. The fraction of sp³-hybridized carbons (Fsp3) is 0.857. The highest BCUT2D eigenvalue weighted by Gasteiger charge is 2.36. The lowest BCUT2D eigenvalue weighted by Crippen LogP contribution is -2.52. The first-order chi connectivity index (χ1) is 8.94. The van der Waals surface area contributed by atoms with E-state index in [9.17, 15) is 0 Å². The Balaban J connectivity index is 1.72. The lowest BCUT2D eigenvalue weighted by molar-refractivity contribution is -0.139. The van der Waals surface area contributed by atoms with Crippen molar-refractivity contribution in [3.63, 3.8) is 0 Å². The molecule has 1 saturated carbocycles. The molecule has 1 aliphatic carbocycles. The zero-order valence-corrected chi connectivity index (χ0v) is 12.2. The summed E-state index contributed by atoms with van der Waals surface area (Å²) >= 11 is 0. The van der Waals surface area contributed by atoms with E-state index in [0.29, 0.717) is 5.92 Å². The van der Waals surface area contributed by atoms with Gasteiger partial charge >= 0.3 is 0 Å². The minimum atomic E-state index is -0.120. The molecule has 2 aliphatic rings. The molecule has 0 aromatic carbocycles. The van der Waals surface area contributed by atoms with Crippen molar-refractivity contribution in [2.45, 2.75) is 64.2 Å². The second-order valence-electron chi connectivity index (χ2n) is 6.56. The fourth-order valence-electron chi connectivity index (χ4n) is 2.88. The van der Waals surface area contributed by atoms with Crippen molar-refractivity contribution in [1.82, 2.24) is 15.0 Å². The van der Waals surface area contributed by atoms with Crippen LogP contribution in [0.5, 0.6) is 0 Å². The van der Waals surface area contributed by atoms with Crippen LogP contribution in [0.1, 0.15) is 64.2 Å². The van der Waals surface area contributed by atoms with Gasteiger partial charge in [-0.1, -0.05) is 5.16 Å². The minimum Gasteiger partial charge on any atom is -0.370 e. The van der Waals surface area contributed by atoms with Crippen molar-refractivity contribution in [3.8, 4) is 0 Å².